The Hall–Kier alpha value is -3.48. The fraction of sp³-hybridized carbons (Fsp3) is 0.217. The van der Waals surface area contributed by atoms with Crippen LogP contribution in [0, 0.1) is 0 Å². The molecule has 0 saturated heterocycles. The van der Waals surface area contributed by atoms with Gasteiger partial charge in [-0.3, -0.25) is 9.59 Å². The van der Waals surface area contributed by atoms with Crippen LogP contribution in [0.1, 0.15) is 11.1 Å². The van der Waals surface area contributed by atoms with Crippen molar-refractivity contribution in [3.05, 3.63) is 77.9 Å². The first-order valence-electron chi connectivity index (χ1n) is 9.43. The summed E-state index contributed by atoms with van der Waals surface area (Å²) in [5.74, 6) is -0.431. The van der Waals surface area contributed by atoms with Crippen LogP contribution in [0.3, 0.4) is 0 Å². The van der Waals surface area contributed by atoms with Crippen molar-refractivity contribution in [1.29, 1.82) is 0 Å². The van der Waals surface area contributed by atoms with Crippen molar-refractivity contribution in [2.75, 3.05) is 13.6 Å². The molecule has 0 aliphatic rings. The molecular formula is C23H22F2N2O3. The minimum Gasteiger partial charge on any atom is -0.435 e. The van der Waals surface area contributed by atoms with Crippen molar-refractivity contribution in [3.8, 4) is 5.75 Å². The third-order valence-corrected chi connectivity index (χ3v) is 4.66. The predicted molar refractivity (Wildman–Crippen MR) is 110 cm³/mol. The Labute approximate surface area is 173 Å². The van der Waals surface area contributed by atoms with Gasteiger partial charge in [-0.05, 0) is 34.0 Å². The Morgan fingerprint density at radius 2 is 1.70 bits per heavy atom. The summed E-state index contributed by atoms with van der Waals surface area (Å²) in [6.07, 6.45) is 0.184. The molecule has 0 fully saturated rings. The second-order valence-corrected chi connectivity index (χ2v) is 6.86. The predicted octanol–water partition coefficient (Wildman–Crippen LogP) is 3.76. The van der Waals surface area contributed by atoms with E-state index >= 15 is 0 Å². The lowest BCUT2D eigenvalue weighted by molar-refractivity contribution is -0.132. The van der Waals surface area contributed by atoms with E-state index in [1.807, 2.05) is 42.5 Å². The molecule has 156 valence electrons. The fourth-order valence-corrected chi connectivity index (χ4v) is 3.13. The lowest BCUT2D eigenvalue weighted by atomic mass is 10.0. The maximum atomic E-state index is 12.3. The Bertz CT molecular complexity index is 1020. The van der Waals surface area contributed by atoms with E-state index in [0.717, 1.165) is 21.9 Å². The number of likely N-dealkylation sites (N-methyl/N-ethyl adjacent to an activating group) is 1. The van der Waals surface area contributed by atoms with Gasteiger partial charge in [0.05, 0.1) is 13.0 Å². The number of nitrogens with one attached hydrogen (secondary N) is 1. The number of rotatable bonds is 8. The van der Waals surface area contributed by atoms with E-state index in [1.54, 1.807) is 19.2 Å². The summed E-state index contributed by atoms with van der Waals surface area (Å²) >= 11 is 0. The van der Waals surface area contributed by atoms with Gasteiger partial charge in [-0.25, -0.2) is 0 Å². The quantitative estimate of drug-likeness (QED) is 0.613. The number of nitrogens with zero attached hydrogens (tertiary/aromatic N) is 1. The van der Waals surface area contributed by atoms with E-state index in [0.29, 0.717) is 0 Å². The molecular weight excluding hydrogens is 390 g/mol. The fourth-order valence-electron chi connectivity index (χ4n) is 3.13. The second-order valence-electron chi connectivity index (χ2n) is 6.86. The van der Waals surface area contributed by atoms with Crippen LogP contribution in [0.25, 0.3) is 10.8 Å². The van der Waals surface area contributed by atoms with Gasteiger partial charge in [-0.1, -0.05) is 54.6 Å². The average Bonchev–Trinajstić information content (AvgIpc) is 2.73. The molecule has 3 rings (SSSR count). The van der Waals surface area contributed by atoms with Crippen molar-refractivity contribution >= 4 is 22.6 Å². The maximum absolute atomic E-state index is 12.3. The van der Waals surface area contributed by atoms with E-state index in [2.05, 4.69) is 10.1 Å². The number of halogens is 2. The van der Waals surface area contributed by atoms with Gasteiger partial charge in [-0.15, -0.1) is 0 Å². The van der Waals surface area contributed by atoms with Crippen molar-refractivity contribution in [2.24, 2.45) is 0 Å². The van der Waals surface area contributed by atoms with E-state index in [9.17, 15) is 18.4 Å². The SMILES string of the molecule is CN(Cc1ccc(OC(F)F)cc1)C(=O)CNC(=O)Cc1cccc2ccccc12. The van der Waals surface area contributed by atoms with Crippen molar-refractivity contribution in [3.63, 3.8) is 0 Å². The van der Waals surface area contributed by atoms with Crippen molar-refractivity contribution < 1.29 is 23.1 Å². The minimum atomic E-state index is -2.88. The smallest absolute Gasteiger partial charge is 0.387 e. The van der Waals surface area contributed by atoms with Gasteiger partial charge in [0.25, 0.3) is 0 Å². The number of benzene rings is 3. The molecule has 7 heteroatoms. The van der Waals surface area contributed by atoms with Crippen molar-refractivity contribution in [1.82, 2.24) is 10.2 Å². The van der Waals surface area contributed by atoms with Crippen LogP contribution < -0.4 is 10.1 Å². The van der Waals surface area contributed by atoms with E-state index in [4.69, 9.17) is 0 Å². The second kappa shape index (κ2) is 9.82. The summed E-state index contributed by atoms with van der Waals surface area (Å²) < 4.78 is 28.7. The van der Waals surface area contributed by atoms with E-state index < -0.39 is 6.61 Å². The van der Waals surface area contributed by atoms with Crippen molar-refractivity contribution in [2.45, 2.75) is 19.6 Å². The number of amides is 2. The molecule has 5 nitrogen and oxygen atoms in total. The van der Waals surface area contributed by atoms with Gasteiger partial charge in [0, 0.05) is 13.6 Å². The first-order valence-corrected chi connectivity index (χ1v) is 9.43. The van der Waals surface area contributed by atoms with Gasteiger partial charge in [-0.2, -0.15) is 8.78 Å². The summed E-state index contributed by atoms with van der Waals surface area (Å²) in [5.41, 5.74) is 1.66. The molecule has 3 aromatic carbocycles. The van der Waals surface area contributed by atoms with Crippen LogP contribution >= 0.6 is 0 Å². The molecule has 2 amide bonds. The van der Waals surface area contributed by atoms with Crippen LogP contribution in [-0.2, 0) is 22.6 Å². The van der Waals surface area contributed by atoms with Crippen LogP contribution in [0.2, 0.25) is 0 Å². The van der Waals surface area contributed by atoms with Crippen LogP contribution in [0.5, 0.6) is 5.75 Å². The summed E-state index contributed by atoms with van der Waals surface area (Å²) in [6, 6.07) is 19.7. The largest absolute Gasteiger partial charge is 0.435 e. The monoisotopic (exact) mass is 412 g/mol. The normalized spacial score (nSPS) is 10.8. The molecule has 0 unspecified atom stereocenters. The van der Waals surface area contributed by atoms with E-state index in [-0.39, 0.29) is 37.1 Å². The van der Waals surface area contributed by atoms with Crippen LogP contribution in [0.4, 0.5) is 8.78 Å². The molecule has 30 heavy (non-hydrogen) atoms. The van der Waals surface area contributed by atoms with E-state index in [1.165, 1.54) is 17.0 Å². The Balaban J connectivity index is 1.50. The highest BCUT2D eigenvalue weighted by molar-refractivity contribution is 5.91. The number of carbonyl (C=O) groups excluding carboxylic acids is 2. The topological polar surface area (TPSA) is 58.6 Å². The zero-order valence-electron chi connectivity index (χ0n) is 16.5. The molecule has 0 spiro atoms. The molecule has 0 atom stereocenters. The first-order chi connectivity index (χ1) is 14.4. The molecule has 0 aliphatic carbocycles. The number of hydrogen-bond acceptors (Lipinski definition) is 3. The maximum Gasteiger partial charge on any atom is 0.387 e. The first kappa shape index (κ1) is 21.2. The number of ether oxygens (including phenoxy) is 1. The highest BCUT2D eigenvalue weighted by Crippen LogP contribution is 2.19. The Kier molecular flexibility index (Phi) is 6.95. The molecule has 3 aromatic rings. The Morgan fingerprint density at radius 1 is 1.00 bits per heavy atom. The summed E-state index contributed by atoms with van der Waals surface area (Å²) in [6.45, 7) is -2.71. The zero-order chi connectivity index (χ0) is 21.5. The summed E-state index contributed by atoms with van der Waals surface area (Å²) in [4.78, 5) is 26.1. The van der Waals surface area contributed by atoms with Crippen LogP contribution in [-0.4, -0.2) is 36.9 Å². The average molecular weight is 412 g/mol. The van der Waals surface area contributed by atoms with Gasteiger partial charge < -0.3 is 15.0 Å². The standard InChI is InChI=1S/C23H22F2N2O3/c1-27(15-16-9-11-19(12-10-16)30-23(24)25)22(29)14-26-21(28)13-18-7-4-6-17-5-2-3-8-20(17)18/h2-12,23H,13-15H2,1H3,(H,26,28). The summed E-state index contributed by atoms with van der Waals surface area (Å²) in [7, 11) is 1.61. The molecule has 0 saturated carbocycles. The lowest BCUT2D eigenvalue weighted by Crippen LogP contribution is -2.38. The van der Waals surface area contributed by atoms with Gasteiger partial charge in [0.15, 0.2) is 0 Å². The lowest BCUT2D eigenvalue weighted by Gasteiger charge is -2.18. The zero-order valence-corrected chi connectivity index (χ0v) is 16.5. The number of fused-ring (bicyclic) bond motifs is 1. The molecule has 0 radical (unpaired) electrons. The third-order valence-electron chi connectivity index (χ3n) is 4.66. The summed E-state index contributed by atoms with van der Waals surface area (Å²) in [5, 5.41) is 4.73. The molecule has 1 N–H and O–H groups in total. The molecule has 0 aliphatic heterocycles. The van der Waals surface area contributed by atoms with Gasteiger partial charge >= 0.3 is 6.61 Å². The number of hydrogen-bond donors (Lipinski definition) is 1. The Morgan fingerprint density at radius 3 is 2.43 bits per heavy atom. The number of alkyl halides is 2. The highest BCUT2D eigenvalue weighted by Gasteiger charge is 2.13. The third kappa shape index (κ3) is 5.76. The van der Waals surface area contributed by atoms with Crippen LogP contribution in [0.15, 0.2) is 66.7 Å². The highest BCUT2D eigenvalue weighted by atomic mass is 19.3. The minimum absolute atomic E-state index is 0.0587. The molecule has 0 bridgehead atoms. The molecule has 0 heterocycles. The van der Waals surface area contributed by atoms with Gasteiger partial charge in [0.2, 0.25) is 11.8 Å². The number of carbonyl (C=O) groups is 2. The van der Waals surface area contributed by atoms with Gasteiger partial charge in [0.1, 0.15) is 5.75 Å². The molecule has 0 aromatic heterocycles.